The molecule has 0 N–H and O–H groups in total. The van der Waals surface area contributed by atoms with Gasteiger partial charge in [-0.15, -0.1) is 22.7 Å². The fourth-order valence-corrected chi connectivity index (χ4v) is 5.25. The second kappa shape index (κ2) is 5.31. The lowest BCUT2D eigenvalue weighted by atomic mass is 9.94. The molecule has 4 nitrogen and oxygen atoms in total. The third-order valence-corrected chi connectivity index (χ3v) is 6.66. The van der Waals surface area contributed by atoms with E-state index >= 15 is 0 Å². The SMILES string of the molecule is Cc1sc(-c2sc(C(C)(C)C)c3c2OCCO3)c2c1OCCO2. The van der Waals surface area contributed by atoms with E-state index in [2.05, 4.69) is 27.7 Å². The van der Waals surface area contributed by atoms with Gasteiger partial charge < -0.3 is 18.9 Å². The van der Waals surface area contributed by atoms with Crippen LogP contribution in [0.3, 0.4) is 0 Å². The number of aryl methyl sites for hydroxylation is 1. The molecule has 2 aromatic heterocycles. The van der Waals surface area contributed by atoms with Gasteiger partial charge in [0.15, 0.2) is 23.0 Å². The van der Waals surface area contributed by atoms with Crippen LogP contribution in [0.1, 0.15) is 30.5 Å². The summed E-state index contributed by atoms with van der Waals surface area (Å²) < 4.78 is 23.6. The van der Waals surface area contributed by atoms with Gasteiger partial charge in [-0.1, -0.05) is 20.8 Å². The Labute approximate surface area is 143 Å². The zero-order chi connectivity index (χ0) is 16.2. The van der Waals surface area contributed by atoms with Gasteiger partial charge in [0.25, 0.3) is 0 Å². The summed E-state index contributed by atoms with van der Waals surface area (Å²) in [7, 11) is 0. The minimum absolute atomic E-state index is 0.0113. The van der Waals surface area contributed by atoms with E-state index in [9.17, 15) is 0 Å². The maximum Gasteiger partial charge on any atom is 0.181 e. The number of hydrogen-bond acceptors (Lipinski definition) is 6. The van der Waals surface area contributed by atoms with Crippen LogP contribution in [0.2, 0.25) is 0 Å². The summed E-state index contributed by atoms with van der Waals surface area (Å²) in [6, 6.07) is 0. The Kier molecular flexibility index (Phi) is 3.50. The summed E-state index contributed by atoms with van der Waals surface area (Å²) in [5, 5.41) is 0. The maximum absolute atomic E-state index is 5.98. The standard InChI is InChI=1S/C17H20O4S2/c1-9-10-11(19-6-5-18-10)14(22-9)15-12-13(21-8-7-20-12)16(23-15)17(2,3)4/h5-8H2,1-4H3. The van der Waals surface area contributed by atoms with E-state index in [1.807, 2.05) is 0 Å². The molecule has 2 aliphatic heterocycles. The van der Waals surface area contributed by atoms with E-state index in [1.165, 1.54) is 4.88 Å². The predicted octanol–water partition coefficient (Wildman–Crippen LogP) is 4.62. The molecule has 0 saturated carbocycles. The Morgan fingerprint density at radius 3 is 1.78 bits per heavy atom. The fraction of sp³-hybridized carbons (Fsp3) is 0.529. The molecule has 2 aliphatic rings. The molecule has 4 heterocycles. The van der Waals surface area contributed by atoms with Crippen molar-refractivity contribution in [1.82, 2.24) is 0 Å². The zero-order valence-electron chi connectivity index (χ0n) is 13.8. The first kappa shape index (κ1) is 15.1. The summed E-state index contributed by atoms with van der Waals surface area (Å²) in [5.41, 5.74) is 0.0113. The van der Waals surface area contributed by atoms with Crippen LogP contribution in [0.5, 0.6) is 23.0 Å². The molecule has 2 aromatic rings. The number of rotatable bonds is 1. The Morgan fingerprint density at radius 1 is 0.696 bits per heavy atom. The van der Waals surface area contributed by atoms with Gasteiger partial charge in [-0.05, 0) is 6.92 Å². The minimum atomic E-state index is 0.0113. The quantitative estimate of drug-likeness (QED) is 0.750. The van der Waals surface area contributed by atoms with E-state index in [-0.39, 0.29) is 5.41 Å². The second-order valence-corrected chi connectivity index (χ2v) is 8.95. The van der Waals surface area contributed by atoms with Crippen molar-refractivity contribution in [2.24, 2.45) is 0 Å². The number of thiophene rings is 2. The molecular weight excluding hydrogens is 332 g/mol. The Hall–Kier alpha value is -1.40. The van der Waals surface area contributed by atoms with Crippen LogP contribution in [-0.2, 0) is 5.41 Å². The van der Waals surface area contributed by atoms with E-state index in [0.29, 0.717) is 26.4 Å². The molecule has 23 heavy (non-hydrogen) atoms. The van der Waals surface area contributed by atoms with E-state index in [1.54, 1.807) is 22.7 Å². The molecule has 0 radical (unpaired) electrons. The Balaban J connectivity index is 1.92. The van der Waals surface area contributed by atoms with Crippen molar-refractivity contribution in [3.05, 3.63) is 9.75 Å². The molecule has 0 saturated heterocycles. The second-order valence-electron chi connectivity index (χ2n) is 6.71. The maximum atomic E-state index is 5.98. The lowest BCUT2D eigenvalue weighted by Gasteiger charge is -2.22. The number of hydrogen-bond donors (Lipinski definition) is 0. The average Bonchev–Trinajstić information content (AvgIpc) is 3.06. The van der Waals surface area contributed by atoms with Crippen LogP contribution in [0.15, 0.2) is 0 Å². The number of fused-ring (bicyclic) bond motifs is 2. The number of ether oxygens (including phenoxy) is 4. The molecule has 0 atom stereocenters. The summed E-state index contributed by atoms with van der Waals surface area (Å²) in [4.78, 5) is 4.56. The fourth-order valence-electron chi connectivity index (χ4n) is 2.84. The topological polar surface area (TPSA) is 36.9 Å². The molecule has 0 fully saturated rings. The van der Waals surface area contributed by atoms with Gasteiger partial charge in [0.1, 0.15) is 26.4 Å². The summed E-state index contributed by atoms with van der Waals surface area (Å²) in [6.07, 6.45) is 0. The largest absolute Gasteiger partial charge is 0.485 e. The van der Waals surface area contributed by atoms with Crippen molar-refractivity contribution in [3.63, 3.8) is 0 Å². The first-order chi connectivity index (χ1) is 11.0. The van der Waals surface area contributed by atoms with Crippen molar-refractivity contribution < 1.29 is 18.9 Å². The smallest absolute Gasteiger partial charge is 0.181 e. The highest BCUT2D eigenvalue weighted by Crippen LogP contribution is 2.58. The monoisotopic (exact) mass is 352 g/mol. The van der Waals surface area contributed by atoms with Gasteiger partial charge in [-0.25, -0.2) is 0 Å². The first-order valence-electron chi connectivity index (χ1n) is 7.79. The van der Waals surface area contributed by atoms with Crippen LogP contribution in [0.4, 0.5) is 0 Å². The van der Waals surface area contributed by atoms with Gasteiger partial charge in [0.2, 0.25) is 0 Å². The van der Waals surface area contributed by atoms with Gasteiger partial charge in [0, 0.05) is 10.3 Å². The lowest BCUT2D eigenvalue weighted by molar-refractivity contribution is 0.170. The minimum Gasteiger partial charge on any atom is -0.485 e. The molecule has 0 aromatic carbocycles. The molecule has 0 unspecified atom stereocenters. The normalized spacial score (nSPS) is 16.5. The lowest BCUT2D eigenvalue weighted by Crippen LogP contribution is -2.18. The molecule has 124 valence electrons. The summed E-state index contributed by atoms with van der Waals surface area (Å²) in [5.74, 6) is 3.51. The summed E-state index contributed by atoms with van der Waals surface area (Å²) in [6.45, 7) is 11.1. The van der Waals surface area contributed by atoms with Crippen LogP contribution in [0, 0.1) is 6.92 Å². The van der Waals surface area contributed by atoms with Crippen LogP contribution >= 0.6 is 22.7 Å². The van der Waals surface area contributed by atoms with E-state index < -0.39 is 0 Å². The molecule has 4 rings (SSSR count). The van der Waals surface area contributed by atoms with Crippen molar-refractivity contribution in [2.45, 2.75) is 33.1 Å². The first-order valence-corrected chi connectivity index (χ1v) is 9.42. The Bertz CT molecular complexity index is 752. The van der Waals surface area contributed by atoms with Crippen molar-refractivity contribution in [2.75, 3.05) is 26.4 Å². The summed E-state index contributed by atoms with van der Waals surface area (Å²) >= 11 is 3.45. The van der Waals surface area contributed by atoms with Gasteiger partial charge in [-0.2, -0.15) is 0 Å². The van der Waals surface area contributed by atoms with E-state index in [0.717, 1.165) is 37.6 Å². The average molecular weight is 352 g/mol. The van der Waals surface area contributed by atoms with Crippen LogP contribution in [0.25, 0.3) is 9.75 Å². The molecule has 0 bridgehead atoms. The van der Waals surface area contributed by atoms with Gasteiger partial charge >= 0.3 is 0 Å². The van der Waals surface area contributed by atoms with Crippen LogP contribution in [-0.4, -0.2) is 26.4 Å². The third-order valence-electron chi connectivity index (χ3n) is 3.85. The van der Waals surface area contributed by atoms with Crippen molar-refractivity contribution >= 4 is 22.7 Å². The third kappa shape index (κ3) is 2.39. The van der Waals surface area contributed by atoms with Crippen molar-refractivity contribution in [1.29, 1.82) is 0 Å². The van der Waals surface area contributed by atoms with Gasteiger partial charge in [-0.3, -0.25) is 0 Å². The predicted molar refractivity (Wildman–Crippen MR) is 93.0 cm³/mol. The van der Waals surface area contributed by atoms with E-state index in [4.69, 9.17) is 18.9 Å². The zero-order valence-corrected chi connectivity index (χ0v) is 15.4. The van der Waals surface area contributed by atoms with Crippen LogP contribution < -0.4 is 18.9 Å². The van der Waals surface area contributed by atoms with Gasteiger partial charge in [0.05, 0.1) is 14.6 Å². The molecular formula is C17H20O4S2. The Morgan fingerprint density at radius 2 is 1.17 bits per heavy atom. The highest BCUT2D eigenvalue weighted by Gasteiger charge is 2.34. The molecule has 0 amide bonds. The molecule has 0 spiro atoms. The van der Waals surface area contributed by atoms with Crippen molar-refractivity contribution in [3.8, 4) is 32.8 Å². The molecule has 6 heteroatoms. The highest BCUT2D eigenvalue weighted by atomic mass is 32.1. The highest BCUT2D eigenvalue weighted by molar-refractivity contribution is 7.23. The molecule has 0 aliphatic carbocycles.